The lowest BCUT2D eigenvalue weighted by Gasteiger charge is -2.28. The number of nitrogens with zero attached hydrogens (tertiary/aromatic N) is 2. The molecule has 2 aliphatic rings. The van der Waals surface area contributed by atoms with Gasteiger partial charge in [-0.05, 0) is 30.9 Å². The third-order valence-electron chi connectivity index (χ3n) is 4.16. The molecule has 3 rings (SSSR count). The quantitative estimate of drug-likeness (QED) is 0.870. The van der Waals surface area contributed by atoms with Crippen molar-refractivity contribution in [3.63, 3.8) is 0 Å². The molecular formula is C15H20ClN3O3. The molecule has 0 spiro atoms. The zero-order chi connectivity index (χ0) is 14.8. The van der Waals surface area contributed by atoms with Gasteiger partial charge in [0.1, 0.15) is 5.69 Å². The molecule has 1 fully saturated rings. The summed E-state index contributed by atoms with van der Waals surface area (Å²) in [5.41, 5.74) is 2.40. The maximum absolute atomic E-state index is 12.1. The SMILES string of the molecule is Cl.O=C(O)CN1CCc2nc(C(=O)NC3CCC3)ccc2C1. The number of nitrogens with one attached hydrogen (secondary N) is 1. The smallest absolute Gasteiger partial charge is 0.317 e. The summed E-state index contributed by atoms with van der Waals surface area (Å²) in [7, 11) is 0. The Balaban J connectivity index is 0.00000176. The van der Waals surface area contributed by atoms with Gasteiger partial charge in [0.2, 0.25) is 0 Å². The maximum Gasteiger partial charge on any atom is 0.317 e. The van der Waals surface area contributed by atoms with Crippen molar-refractivity contribution in [3.05, 3.63) is 29.1 Å². The number of rotatable bonds is 4. The Kier molecular flexibility index (Phi) is 5.37. The third kappa shape index (κ3) is 3.75. The molecule has 1 aromatic heterocycles. The Morgan fingerprint density at radius 2 is 2.14 bits per heavy atom. The van der Waals surface area contributed by atoms with E-state index in [9.17, 15) is 9.59 Å². The monoisotopic (exact) mass is 325 g/mol. The maximum atomic E-state index is 12.1. The molecule has 2 N–H and O–H groups in total. The molecular weight excluding hydrogens is 306 g/mol. The van der Waals surface area contributed by atoms with Crippen molar-refractivity contribution < 1.29 is 14.7 Å². The van der Waals surface area contributed by atoms with E-state index in [1.807, 2.05) is 11.0 Å². The second-order valence-electron chi connectivity index (χ2n) is 5.76. The topological polar surface area (TPSA) is 82.5 Å². The lowest BCUT2D eigenvalue weighted by atomic mass is 9.93. The number of fused-ring (bicyclic) bond motifs is 1. The van der Waals surface area contributed by atoms with Crippen LogP contribution >= 0.6 is 12.4 Å². The van der Waals surface area contributed by atoms with Gasteiger partial charge in [-0.3, -0.25) is 14.5 Å². The van der Waals surface area contributed by atoms with E-state index in [0.29, 0.717) is 31.2 Å². The van der Waals surface area contributed by atoms with Gasteiger partial charge in [0.05, 0.1) is 6.54 Å². The fourth-order valence-corrected chi connectivity index (χ4v) is 2.74. The molecule has 120 valence electrons. The van der Waals surface area contributed by atoms with E-state index < -0.39 is 5.97 Å². The number of carbonyl (C=O) groups is 2. The number of carboxylic acid groups (broad SMARTS) is 1. The van der Waals surface area contributed by atoms with Crippen LogP contribution in [0.2, 0.25) is 0 Å². The normalized spacial score (nSPS) is 17.8. The molecule has 0 radical (unpaired) electrons. The summed E-state index contributed by atoms with van der Waals surface area (Å²) in [6.07, 6.45) is 3.98. The molecule has 0 saturated heterocycles. The molecule has 1 saturated carbocycles. The first-order chi connectivity index (χ1) is 10.1. The summed E-state index contributed by atoms with van der Waals surface area (Å²) in [6.45, 7) is 1.29. The van der Waals surface area contributed by atoms with E-state index in [2.05, 4.69) is 10.3 Å². The van der Waals surface area contributed by atoms with Crippen molar-refractivity contribution >= 4 is 24.3 Å². The van der Waals surface area contributed by atoms with Gasteiger partial charge in [-0.2, -0.15) is 0 Å². The summed E-state index contributed by atoms with van der Waals surface area (Å²) in [5, 5.41) is 11.8. The standard InChI is InChI=1S/C15H19N3O3.ClH/c19-14(20)9-18-7-6-12-10(8-18)4-5-13(17-12)15(21)16-11-2-1-3-11;/h4-5,11H,1-3,6-9H2,(H,16,21)(H,19,20);1H. The highest BCUT2D eigenvalue weighted by atomic mass is 35.5. The Morgan fingerprint density at radius 1 is 1.36 bits per heavy atom. The summed E-state index contributed by atoms with van der Waals surface area (Å²) in [6, 6.07) is 3.93. The first-order valence-electron chi connectivity index (χ1n) is 7.35. The van der Waals surface area contributed by atoms with Gasteiger partial charge < -0.3 is 10.4 Å². The molecule has 0 bridgehead atoms. The van der Waals surface area contributed by atoms with Crippen molar-refractivity contribution in [1.29, 1.82) is 0 Å². The molecule has 1 aliphatic heterocycles. The van der Waals surface area contributed by atoms with Crippen LogP contribution in [-0.2, 0) is 17.8 Å². The Hall–Kier alpha value is -1.66. The lowest BCUT2D eigenvalue weighted by molar-refractivity contribution is -0.138. The number of carboxylic acids is 1. The summed E-state index contributed by atoms with van der Waals surface area (Å²) in [4.78, 5) is 29.2. The third-order valence-corrected chi connectivity index (χ3v) is 4.16. The van der Waals surface area contributed by atoms with Gasteiger partial charge in [-0.1, -0.05) is 6.07 Å². The first kappa shape index (κ1) is 16.7. The first-order valence-corrected chi connectivity index (χ1v) is 7.35. The Labute approximate surface area is 135 Å². The number of amides is 1. The molecule has 0 unspecified atom stereocenters. The number of aromatic nitrogens is 1. The minimum absolute atomic E-state index is 0. The van der Waals surface area contributed by atoms with Gasteiger partial charge in [0, 0.05) is 31.2 Å². The number of carbonyl (C=O) groups excluding carboxylic acids is 1. The second kappa shape index (κ2) is 7.07. The van der Waals surface area contributed by atoms with Gasteiger partial charge >= 0.3 is 5.97 Å². The zero-order valence-electron chi connectivity index (χ0n) is 12.2. The zero-order valence-corrected chi connectivity index (χ0v) is 13.1. The molecule has 0 aromatic carbocycles. The molecule has 7 heteroatoms. The second-order valence-corrected chi connectivity index (χ2v) is 5.76. The average Bonchev–Trinajstić information content (AvgIpc) is 2.41. The molecule has 6 nitrogen and oxygen atoms in total. The van der Waals surface area contributed by atoms with E-state index in [1.165, 1.54) is 6.42 Å². The van der Waals surface area contributed by atoms with Crippen LogP contribution in [0.25, 0.3) is 0 Å². The molecule has 0 atom stereocenters. The lowest BCUT2D eigenvalue weighted by Crippen LogP contribution is -2.40. The highest BCUT2D eigenvalue weighted by molar-refractivity contribution is 5.92. The minimum atomic E-state index is -0.817. The number of hydrogen-bond acceptors (Lipinski definition) is 4. The number of aliphatic carboxylic acids is 1. The van der Waals surface area contributed by atoms with Crippen molar-refractivity contribution in [3.8, 4) is 0 Å². The van der Waals surface area contributed by atoms with Crippen LogP contribution in [0.3, 0.4) is 0 Å². The summed E-state index contributed by atoms with van der Waals surface area (Å²) in [5.74, 6) is -0.918. The van der Waals surface area contributed by atoms with E-state index in [1.54, 1.807) is 6.07 Å². The average molecular weight is 326 g/mol. The van der Waals surface area contributed by atoms with Crippen LogP contribution in [0.4, 0.5) is 0 Å². The van der Waals surface area contributed by atoms with Gasteiger partial charge in [-0.25, -0.2) is 4.98 Å². The van der Waals surface area contributed by atoms with Crippen molar-refractivity contribution in [1.82, 2.24) is 15.2 Å². The predicted octanol–water partition coefficient (Wildman–Crippen LogP) is 1.23. The molecule has 1 aromatic rings. The van der Waals surface area contributed by atoms with E-state index in [0.717, 1.165) is 24.1 Å². The van der Waals surface area contributed by atoms with E-state index in [-0.39, 0.29) is 24.9 Å². The van der Waals surface area contributed by atoms with Crippen molar-refractivity contribution in [2.24, 2.45) is 0 Å². The predicted molar refractivity (Wildman–Crippen MR) is 83.2 cm³/mol. The van der Waals surface area contributed by atoms with Crippen LogP contribution in [-0.4, -0.2) is 46.0 Å². The number of halogens is 1. The number of pyridine rings is 1. The fraction of sp³-hybridized carbons (Fsp3) is 0.533. The largest absolute Gasteiger partial charge is 0.480 e. The molecule has 1 amide bonds. The van der Waals surface area contributed by atoms with E-state index in [4.69, 9.17) is 5.11 Å². The summed E-state index contributed by atoms with van der Waals surface area (Å²) >= 11 is 0. The molecule has 1 aliphatic carbocycles. The highest BCUT2D eigenvalue weighted by Gasteiger charge is 2.23. The molecule has 22 heavy (non-hydrogen) atoms. The highest BCUT2D eigenvalue weighted by Crippen LogP contribution is 2.20. The van der Waals surface area contributed by atoms with Crippen LogP contribution in [0.5, 0.6) is 0 Å². The number of hydrogen-bond donors (Lipinski definition) is 2. The minimum Gasteiger partial charge on any atom is -0.480 e. The van der Waals surface area contributed by atoms with Crippen LogP contribution in [0.1, 0.15) is 41.0 Å². The van der Waals surface area contributed by atoms with E-state index >= 15 is 0 Å². The van der Waals surface area contributed by atoms with Crippen LogP contribution in [0, 0.1) is 0 Å². The fourth-order valence-electron chi connectivity index (χ4n) is 2.74. The Morgan fingerprint density at radius 3 is 2.77 bits per heavy atom. The van der Waals surface area contributed by atoms with Gasteiger partial charge in [-0.15, -0.1) is 12.4 Å². The molecule has 2 heterocycles. The van der Waals surface area contributed by atoms with Crippen LogP contribution in [0.15, 0.2) is 12.1 Å². The summed E-state index contributed by atoms with van der Waals surface area (Å²) < 4.78 is 0. The van der Waals surface area contributed by atoms with Crippen molar-refractivity contribution in [2.75, 3.05) is 13.1 Å². The van der Waals surface area contributed by atoms with Gasteiger partial charge in [0.15, 0.2) is 0 Å². The Bertz CT molecular complexity index is 575. The van der Waals surface area contributed by atoms with Gasteiger partial charge in [0.25, 0.3) is 5.91 Å². The van der Waals surface area contributed by atoms with Crippen LogP contribution < -0.4 is 5.32 Å². The van der Waals surface area contributed by atoms with Crippen molar-refractivity contribution in [2.45, 2.75) is 38.3 Å².